The van der Waals surface area contributed by atoms with Gasteiger partial charge < -0.3 is 19.9 Å². The lowest BCUT2D eigenvalue weighted by Gasteiger charge is -2.21. The van der Waals surface area contributed by atoms with E-state index < -0.39 is 17.9 Å². The second kappa shape index (κ2) is 7.52. The number of benzene rings is 1. The molecule has 0 unspecified atom stereocenters. The molecule has 0 saturated heterocycles. The van der Waals surface area contributed by atoms with Crippen LogP contribution in [0.15, 0.2) is 18.2 Å². The number of carboxylic acids is 1. The zero-order chi connectivity index (χ0) is 16.0. The normalized spacial score (nSPS) is 13.1. The highest BCUT2D eigenvalue weighted by molar-refractivity contribution is 6.01. The van der Waals surface area contributed by atoms with Crippen LogP contribution in [0.2, 0.25) is 0 Å². The molecule has 1 aromatic carbocycles. The van der Waals surface area contributed by atoms with Gasteiger partial charge in [0, 0.05) is 0 Å². The van der Waals surface area contributed by atoms with Crippen molar-refractivity contribution in [3.8, 4) is 11.5 Å². The van der Waals surface area contributed by atoms with Crippen molar-refractivity contribution in [1.82, 2.24) is 5.32 Å². The van der Waals surface area contributed by atoms with Crippen molar-refractivity contribution in [3.05, 3.63) is 23.8 Å². The van der Waals surface area contributed by atoms with Crippen LogP contribution in [0.25, 0.3) is 0 Å². The van der Waals surface area contributed by atoms with Gasteiger partial charge in [0.15, 0.2) is 0 Å². The Kier molecular flexibility index (Phi) is 6.02. The highest BCUT2D eigenvalue weighted by atomic mass is 16.5. The molecule has 0 spiro atoms. The van der Waals surface area contributed by atoms with E-state index in [1.807, 2.05) is 6.92 Å². The largest absolute Gasteiger partial charge is 0.496 e. The van der Waals surface area contributed by atoms with Gasteiger partial charge in [0.05, 0.1) is 14.2 Å². The molecule has 2 atom stereocenters. The molecule has 0 bridgehead atoms. The van der Waals surface area contributed by atoms with Gasteiger partial charge in [-0.15, -0.1) is 0 Å². The Morgan fingerprint density at radius 1 is 1.24 bits per heavy atom. The van der Waals surface area contributed by atoms with E-state index in [1.165, 1.54) is 14.2 Å². The van der Waals surface area contributed by atoms with Crippen molar-refractivity contribution >= 4 is 11.9 Å². The summed E-state index contributed by atoms with van der Waals surface area (Å²) < 4.78 is 10.3. The molecule has 116 valence electrons. The first kappa shape index (κ1) is 16.8. The van der Waals surface area contributed by atoms with Crippen molar-refractivity contribution < 1.29 is 24.2 Å². The Balaban J connectivity index is 3.10. The number of rotatable bonds is 7. The average molecular weight is 295 g/mol. The van der Waals surface area contributed by atoms with Crippen LogP contribution in [-0.4, -0.2) is 37.2 Å². The Labute approximate surface area is 124 Å². The second-order valence-corrected chi connectivity index (χ2v) is 4.71. The predicted molar refractivity (Wildman–Crippen MR) is 77.9 cm³/mol. The summed E-state index contributed by atoms with van der Waals surface area (Å²) in [5, 5.41) is 11.8. The van der Waals surface area contributed by atoms with E-state index in [-0.39, 0.29) is 11.5 Å². The Morgan fingerprint density at radius 3 is 2.14 bits per heavy atom. The van der Waals surface area contributed by atoms with E-state index in [0.29, 0.717) is 17.9 Å². The first-order valence-electron chi connectivity index (χ1n) is 6.70. The van der Waals surface area contributed by atoms with Crippen LogP contribution >= 0.6 is 0 Å². The van der Waals surface area contributed by atoms with Crippen LogP contribution in [0.3, 0.4) is 0 Å². The van der Waals surface area contributed by atoms with E-state index in [2.05, 4.69) is 5.32 Å². The molecule has 0 aliphatic carbocycles. The minimum atomic E-state index is -1.06. The smallest absolute Gasteiger partial charge is 0.326 e. The molecule has 1 rings (SSSR count). The molecule has 1 amide bonds. The molecule has 0 aliphatic rings. The fourth-order valence-electron chi connectivity index (χ4n) is 1.97. The fraction of sp³-hybridized carbons (Fsp3) is 0.467. The highest BCUT2D eigenvalue weighted by Crippen LogP contribution is 2.28. The van der Waals surface area contributed by atoms with Gasteiger partial charge in [-0.25, -0.2) is 4.79 Å². The number of ether oxygens (including phenoxy) is 2. The third-order valence-electron chi connectivity index (χ3n) is 3.42. The van der Waals surface area contributed by atoms with Gasteiger partial charge in [-0.3, -0.25) is 4.79 Å². The molecular weight excluding hydrogens is 274 g/mol. The number of hydrogen-bond donors (Lipinski definition) is 2. The quantitative estimate of drug-likeness (QED) is 0.803. The van der Waals surface area contributed by atoms with E-state index in [1.54, 1.807) is 25.1 Å². The summed E-state index contributed by atoms with van der Waals surface area (Å²) in [4.78, 5) is 23.7. The summed E-state index contributed by atoms with van der Waals surface area (Å²) in [6.07, 6.45) is 0.639. The van der Waals surface area contributed by atoms with Crippen LogP contribution in [0.1, 0.15) is 30.6 Å². The lowest BCUT2D eigenvalue weighted by molar-refractivity contribution is -0.140. The number of carbonyl (C=O) groups is 2. The average Bonchev–Trinajstić information content (AvgIpc) is 2.50. The van der Waals surface area contributed by atoms with E-state index >= 15 is 0 Å². The standard InChI is InChI=1S/C15H21NO5/c1-5-9(2)13(15(18)19)16-14(17)12-10(20-3)7-6-8-11(12)21-4/h6-9,13H,5H2,1-4H3,(H,16,17)(H,18,19)/t9-,13-/m0/s1. The molecule has 0 heterocycles. The summed E-state index contributed by atoms with van der Waals surface area (Å²) in [5.41, 5.74) is 0.192. The second-order valence-electron chi connectivity index (χ2n) is 4.71. The van der Waals surface area contributed by atoms with E-state index in [9.17, 15) is 14.7 Å². The van der Waals surface area contributed by atoms with Crippen molar-refractivity contribution in [2.24, 2.45) is 5.92 Å². The van der Waals surface area contributed by atoms with Gasteiger partial charge in [-0.05, 0) is 18.1 Å². The number of nitrogens with one attached hydrogen (secondary N) is 1. The van der Waals surface area contributed by atoms with Crippen LogP contribution in [0.4, 0.5) is 0 Å². The summed E-state index contributed by atoms with van der Waals surface area (Å²) in [5.74, 6) is -1.11. The summed E-state index contributed by atoms with van der Waals surface area (Å²) in [7, 11) is 2.88. The van der Waals surface area contributed by atoms with Gasteiger partial charge in [-0.2, -0.15) is 0 Å². The van der Waals surface area contributed by atoms with E-state index in [4.69, 9.17) is 9.47 Å². The van der Waals surface area contributed by atoms with Crippen molar-refractivity contribution in [1.29, 1.82) is 0 Å². The molecule has 0 saturated carbocycles. The number of aliphatic carboxylic acids is 1. The molecule has 21 heavy (non-hydrogen) atoms. The molecule has 0 aromatic heterocycles. The van der Waals surface area contributed by atoms with Gasteiger partial charge >= 0.3 is 5.97 Å². The van der Waals surface area contributed by atoms with Gasteiger partial charge in [0.2, 0.25) is 0 Å². The highest BCUT2D eigenvalue weighted by Gasteiger charge is 2.28. The maximum atomic E-state index is 12.4. The molecule has 0 fully saturated rings. The topological polar surface area (TPSA) is 84.9 Å². The molecule has 6 nitrogen and oxygen atoms in total. The van der Waals surface area contributed by atoms with Crippen LogP contribution in [0, 0.1) is 5.92 Å². The molecule has 6 heteroatoms. The first-order valence-corrected chi connectivity index (χ1v) is 6.70. The van der Waals surface area contributed by atoms with Crippen molar-refractivity contribution in [2.45, 2.75) is 26.3 Å². The zero-order valence-electron chi connectivity index (χ0n) is 12.7. The molecule has 0 radical (unpaired) electrons. The number of hydrogen-bond acceptors (Lipinski definition) is 4. The summed E-state index contributed by atoms with van der Waals surface area (Å²) >= 11 is 0. The third-order valence-corrected chi connectivity index (χ3v) is 3.42. The zero-order valence-corrected chi connectivity index (χ0v) is 12.7. The lowest BCUT2D eigenvalue weighted by Crippen LogP contribution is -2.45. The number of carboxylic acid groups (broad SMARTS) is 1. The summed E-state index contributed by atoms with van der Waals surface area (Å²) in [6, 6.07) is 3.97. The van der Waals surface area contributed by atoms with Crippen LogP contribution in [-0.2, 0) is 4.79 Å². The van der Waals surface area contributed by atoms with Gasteiger partial charge in [0.1, 0.15) is 23.1 Å². The van der Waals surface area contributed by atoms with Crippen LogP contribution < -0.4 is 14.8 Å². The first-order chi connectivity index (χ1) is 9.96. The maximum Gasteiger partial charge on any atom is 0.326 e. The molecule has 0 aliphatic heterocycles. The molecule has 2 N–H and O–H groups in total. The summed E-state index contributed by atoms with van der Waals surface area (Å²) in [6.45, 7) is 3.65. The fourth-order valence-corrected chi connectivity index (χ4v) is 1.97. The third kappa shape index (κ3) is 3.87. The monoisotopic (exact) mass is 295 g/mol. The van der Waals surface area contributed by atoms with Crippen molar-refractivity contribution in [2.75, 3.05) is 14.2 Å². The predicted octanol–water partition coefficient (Wildman–Crippen LogP) is 1.93. The van der Waals surface area contributed by atoms with E-state index in [0.717, 1.165) is 0 Å². The van der Waals surface area contributed by atoms with Crippen LogP contribution in [0.5, 0.6) is 11.5 Å². The number of methoxy groups -OCH3 is 2. The maximum absolute atomic E-state index is 12.4. The van der Waals surface area contributed by atoms with Crippen molar-refractivity contribution in [3.63, 3.8) is 0 Å². The Bertz CT molecular complexity index is 493. The minimum Gasteiger partial charge on any atom is -0.496 e. The minimum absolute atomic E-state index is 0.188. The Hall–Kier alpha value is -2.24. The lowest BCUT2D eigenvalue weighted by atomic mass is 9.98. The molecule has 1 aromatic rings. The number of carbonyl (C=O) groups excluding carboxylic acids is 1. The SMILES string of the molecule is CC[C@H](C)[C@H](NC(=O)c1c(OC)cccc1OC)C(=O)O. The Morgan fingerprint density at radius 2 is 1.76 bits per heavy atom. The number of amides is 1. The van der Waals surface area contributed by atoms with Gasteiger partial charge in [-0.1, -0.05) is 26.3 Å². The van der Waals surface area contributed by atoms with Gasteiger partial charge in [0.25, 0.3) is 5.91 Å². The molecular formula is C15H21NO5.